The zero-order chi connectivity index (χ0) is 21.4. The Morgan fingerprint density at radius 2 is 0.529 bits per heavy atom. The normalized spacial score (nSPS) is 8.74. The van der Waals surface area contributed by atoms with Gasteiger partial charge in [-0.25, -0.2) is 72.8 Å². The molecule has 0 aliphatic heterocycles. The molecule has 0 unspecified atom stereocenters. The molecule has 6 rings (SSSR count). The van der Waals surface area contributed by atoms with Crippen LogP contribution >= 0.6 is 0 Å². The van der Waals surface area contributed by atoms with E-state index in [1.807, 2.05) is 91.0 Å². The van der Waals surface area contributed by atoms with Crippen molar-refractivity contribution in [2.45, 2.75) is 5.92 Å². The monoisotopic (exact) mass is 568 g/mol. The van der Waals surface area contributed by atoms with E-state index in [0.29, 0.717) is 5.92 Å². The van der Waals surface area contributed by atoms with Gasteiger partial charge in [-0.1, -0.05) is 0 Å². The van der Waals surface area contributed by atoms with Crippen LogP contribution in [0.1, 0.15) is 22.6 Å². The third-order valence-corrected chi connectivity index (χ3v) is 4.73. The van der Waals surface area contributed by atoms with E-state index in [9.17, 15) is 0 Å². The first-order chi connectivity index (χ1) is 15.4. The minimum atomic E-state index is 0. The Bertz CT molecular complexity index is 851. The third kappa shape index (κ3) is 11.7. The Morgan fingerprint density at radius 3 is 0.676 bits per heavy atom. The van der Waals surface area contributed by atoms with Crippen molar-refractivity contribution in [3.63, 3.8) is 0 Å². The van der Waals surface area contributed by atoms with E-state index in [-0.39, 0.29) is 51.2 Å². The fraction of sp³-hybridized carbons (Fsp3) is 0.0323. The van der Waals surface area contributed by atoms with Crippen molar-refractivity contribution in [1.82, 2.24) is 0 Å². The molecule has 6 aromatic rings. The van der Waals surface area contributed by atoms with Crippen molar-refractivity contribution in [2.24, 2.45) is 0 Å². The summed E-state index contributed by atoms with van der Waals surface area (Å²) in [5, 5.41) is 0. The van der Waals surface area contributed by atoms with Gasteiger partial charge in [0.25, 0.3) is 0 Å². The van der Waals surface area contributed by atoms with Crippen LogP contribution in [0.4, 0.5) is 0 Å². The van der Waals surface area contributed by atoms with E-state index in [1.54, 1.807) is 0 Å². The molecule has 0 spiro atoms. The van der Waals surface area contributed by atoms with E-state index in [0.717, 1.165) is 0 Å². The van der Waals surface area contributed by atoms with Crippen LogP contribution < -0.4 is 0 Å². The van der Waals surface area contributed by atoms with E-state index in [2.05, 4.69) is 72.8 Å². The second kappa shape index (κ2) is 20.1. The van der Waals surface area contributed by atoms with E-state index >= 15 is 0 Å². The molecule has 0 bridgehead atoms. The number of hydrogen-bond acceptors (Lipinski definition) is 0. The summed E-state index contributed by atoms with van der Waals surface area (Å²) in [6.45, 7) is 0. The standard InChI is InChI=1S/C16H13.3C5H5.3Fe/c1-2-8-13(7-1)16(14-9-3-4-10-14)15-11-5-6-12-15;3*1-2-4-5-3-1;;;/h1-12,16H;3*1-5H;;;/q-3;3*-1;3*+2. The Morgan fingerprint density at radius 1 is 0.324 bits per heavy atom. The summed E-state index contributed by atoms with van der Waals surface area (Å²) in [5.41, 5.74) is 4.12. The maximum absolute atomic E-state index is 2.20. The Kier molecular flexibility index (Phi) is 18.7. The minimum Gasteiger partial charge on any atom is -0.214 e. The van der Waals surface area contributed by atoms with Crippen LogP contribution in [0.5, 0.6) is 0 Å². The molecule has 0 saturated heterocycles. The van der Waals surface area contributed by atoms with Crippen molar-refractivity contribution >= 4 is 0 Å². The van der Waals surface area contributed by atoms with E-state index in [1.165, 1.54) is 16.7 Å². The zero-order valence-electron chi connectivity index (χ0n) is 18.7. The van der Waals surface area contributed by atoms with Crippen LogP contribution in [-0.4, -0.2) is 0 Å². The molecular weight excluding hydrogens is 540 g/mol. The summed E-state index contributed by atoms with van der Waals surface area (Å²) in [6.07, 6.45) is 0. The summed E-state index contributed by atoms with van der Waals surface area (Å²) >= 11 is 0. The van der Waals surface area contributed by atoms with Crippen LogP contribution in [0.15, 0.2) is 164 Å². The quantitative estimate of drug-likeness (QED) is 0.149. The molecule has 0 radical (unpaired) electrons. The first kappa shape index (κ1) is 31.7. The van der Waals surface area contributed by atoms with E-state index in [4.69, 9.17) is 0 Å². The van der Waals surface area contributed by atoms with Gasteiger partial charge in [-0.15, -0.1) is 5.92 Å². The van der Waals surface area contributed by atoms with Crippen molar-refractivity contribution in [3.05, 3.63) is 180 Å². The summed E-state index contributed by atoms with van der Waals surface area (Å²) in [6, 6.07) is 55.8. The summed E-state index contributed by atoms with van der Waals surface area (Å²) in [5.74, 6) is 0.389. The van der Waals surface area contributed by atoms with Gasteiger partial charge in [0, 0.05) is 0 Å². The first-order valence-electron chi connectivity index (χ1n) is 10.6. The summed E-state index contributed by atoms with van der Waals surface area (Å²) in [7, 11) is 0. The van der Waals surface area contributed by atoms with Crippen LogP contribution in [0.25, 0.3) is 0 Å². The average molecular weight is 568 g/mol. The predicted molar refractivity (Wildman–Crippen MR) is 133 cm³/mol. The third-order valence-electron chi connectivity index (χ3n) is 4.73. The average Bonchev–Trinajstić information content (AvgIpc) is 3.70. The van der Waals surface area contributed by atoms with Crippen molar-refractivity contribution in [1.29, 1.82) is 0 Å². The molecule has 0 aliphatic rings. The molecular formula is C31H28Fe3. The molecule has 0 aliphatic carbocycles. The Labute approximate surface area is 236 Å². The second-order valence-corrected chi connectivity index (χ2v) is 6.97. The van der Waals surface area contributed by atoms with Gasteiger partial charge in [0.15, 0.2) is 0 Å². The van der Waals surface area contributed by atoms with Gasteiger partial charge in [0.1, 0.15) is 0 Å². The van der Waals surface area contributed by atoms with Crippen LogP contribution in [-0.2, 0) is 51.2 Å². The molecule has 0 saturated carbocycles. The molecule has 0 N–H and O–H groups in total. The molecule has 34 heavy (non-hydrogen) atoms. The molecule has 0 aromatic heterocycles. The molecule has 0 atom stereocenters. The van der Waals surface area contributed by atoms with Gasteiger partial charge < -0.3 is 0 Å². The molecule has 0 heterocycles. The number of rotatable bonds is 3. The Hall–Kier alpha value is -2.34. The topological polar surface area (TPSA) is 0 Å². The zero-order valence-corrected chi connectivity index (χ0v) is 22.0. The largest absolute Gasteiger partial charge is 2.00 e. The van der Waals surface area contributed by atoms with Crippen molar-refractivity contribution in [3.8, 4) is 0 Å². The summed E-state index contributed by atoms with van der Waals surface area (Å²) < 4.78 is 0. The SMILES string of the molecule is [Fe+2].[Fe+2].[Fe+2].c1cc[c-](C([c-]2cccc2)[c-]2cccc2)c1.c1cc[cH-]c1.c1cc[cH-]c1.c1cc[cH-]c1. The van der Waals surface area contributed by atoms with Gasteiger partial charge in [-0.05, 0) is 0 Å². The molecule has 3 heteroatoms. The number of hydrogen-bond donors (Lipinski definition) is 0. The smallest absolute Gasteiger partial charge is 0.214 e. The van der Waals surface area contributed by atoms with Gasteiger partial charge in [0.05, 0.1) is 0 Å². The maximum Gasteiger partial charge on any atom is 2.00 e. The van der Waals surface area contributed by atoms with E-state index < -0.39 is 0 Å². The molecule has 0 nitrogen and oxygen atoms in total. The van der Waals surface area contributed by atoms with Crippen molar-refractivity contribution < 1.29 is 51.2 Å². The van der Waals surface area contributed by atoms with Crippen molar-refractivity contribution in [2.75, 3.05) is 0 Å². The molecule has 6 aromatic carbocycles. The van der Waals surface area contributed by atoms with Crippen LogP contribution in [0, 0.1) is 0 Å². The summed E-state index contributed by atoms with van der Waals surface area (Å²) in [4.78, 5) is 0. The first-order valence-corrected chi connectivity index (χ1v) is 10.6. The molecule has 0 fully saturated rings. The fourth-order valence-electron chi connectivity index (χ4n) is 3.28. The molecule has 0 amide bonds. The predicted octanol–water partition coefficient (Wildman–Crippen LogP) is 8.23. The van der Waals surface area contributed by atoms with Gasteiger partial charge in [-0.3, -0.25) is 0 Å². The fourth-order valence-corrected chi connectivity index (χ4v) is 3.28. The second-order valence-electron chi connectivity index (χ2n) is 6.97. The maximum atomic E-state index is 2.20. The minimum absolute atomic E-state index is 0. The van der Waals surface area contributed by atoms with Gasteiger partial charge in [0.2, 0.25) is 0 Å². The Balaban J connectivity index is 0.000000501. The van der Waals surface area contributed by atoms with Crippen LogP contribution in [0.3, 0.4) is 0 Å². The van der Waals surface area contributed by atoms with Gasteiger partial charge in [-0.2, -0.15) is 108 Å². The molecule has 176 valence electrons. The van der Waals surface area contributed by atoms with Crippen LogP contribution in [0.2, 0.25) is 0 Å². The van der Waals surface area contributed by atoms with Gasteiger partial charge >= 0.3 is 51.2 Å².